The monoisotopic (exact) mass is 393 g/mol. The van der Waals surface area contributed by atoms with Gasteiger partial charge in [0.05, 0.1) is 23.2 Å². The Morgan fingerprint density at radius 2 is 1.83 bits per heavy atom. The number of ether oxygens (including phenoxy) is 2. The van der Waals surface area contributed by atoms with Crippen molar-refractivity contribution < 1.29 is 18.7 Å². The third-order valence-corrected chi connectivity index (χ3v) is 4.97. The van der Waals surface area contributed by atoms with Gasteiger partial charge >= 0.3 is 0 Å². The third kappa shape index (κ3) is 4.17. The van der Waals surface area contributed by atoms with Crippen molar-refractivity contribution in [2.45, 2.75) is 26.1 Å². The Bertz CT molecular complexity index is 1070. The normalized spacial score (nSPS) is 19.3. The first-order valence-electron chi connectivity index (χ1n) is 9.68. The molecule has 0 aliphatic carbocycles. The molecular weight excluding hydrogens is 370 g/mol. The van der Waals surface area contributed by atoms with Gasteiger partial charge in [-0.3, -0.25) is 9.59 Å². The number of amides is 1. The van der Waals surface area contributed by atoms with Gasteiger partial charge in [0.2, 0.25) is 0 Å². The predicted octanol–water partition coefficient (Wildman–Crippen LogP) is 3.47. The van der Waals surface area contributed by atoms with Crippen LogP contribution >= 0.6 is 0 Å². The van der Waals surface area contributed by atoms with Gasteiger partial charge in [-0.1, -0.05) is 30.3 Å². The number of hydrogen-bond acceptors (Lipinski definition) is 5. The van der Waals surface area contributed by atoms with Crippen molar-refractivity contribution in [3.63, 3.8) is 0 Å². The van der Waals surface area contributed by atoms with E-state index in [4.69, 9.17) is 13.9 Å². The zero-order valence-corrected chi connectivity index (χ0v) is 16.5. The standard InChI is InChI=1S/C23H23NO5/c1-15-11-24(12-16(2)29-15)22(25)14-27-18-8-9-19-21(10-18)28-13-20(23(19)26)17-6-4-3-5-7-17/h3-10,13,15-16H,11-12,14H2,1-2H3/t15-,16-/m0/s1. The third-order valence-electron chi connectivity index (χ3n) is 4.97. The van der Waals surface area contributed by atoms with Crippen LogP contribution in [-0.4, -0.2) is 42.7 Å². The van der Waals surface area contributed by atoms with Crippen LogP contribution in [0.25, 0.3) is 22.1 Å². The Morgan fingerprint density at radius 1 is 1.10 bits per heavy atom. The number of carbonyl (C=O) groups excluding carboxylic acids is 1. The fraction of sp³-hybridized carbons (Fsp3) is 0.304. The molecule has 1 saturated heterocycles. The molecule has 1 fully saturated rings. The first-order valence-corrected chi connectivity index (χ1v) is 9.68. The Hall–Kier alpha value is -3.12. The average molecular weight is 393 g/mol. The number of benzene rings is 2. The van der Waals surface area contributed by atoms with Gasteiger partial charge in [-0.05, 0) is 31.5 Å². The van der Waals surface area contributed by atoms with Gasteiger partial charge in [0.1, 0.15) is 17.6 Å². The maximum absolute atomic E-state index is 12.8. The van der Waals surface area contributed by atoms with Crippen LogP contribution in [0.5, 0.6) is 5.75 Å². The Balaban J connectivity index is 1.49. The summed E-state index contributed by atoms with van der Waals surface area (Å²) >= 11 is 0. The highest BCUT2D eigenvalue weighted by molar-refractivity contribution is 5.83. The smallest absolute Gasteiger partial charge is 0.260 e. The number of fused-ring (bicyclic) bond motifs is 1. The summed E-state index contributed by atoms with van der Waals surface area (Å²) in [6.45, 7) is 4.94. The van der Waals surface area contributed by atoms with Crippen molar-refractivity contribution >= 4 is 16.9 Å². The largest absolute Gasteiger partial charge is 0.484 e. The summed E-state index contributed by atoms with van der Waals surface area (Å²) < 4.78 is 17.0. The molecule has 1 amide bonds. The second-order valence-corrected chi connectivity index (χ2v) is 7.35. The first-order chi connectivity index (χ1) is 14.0. The molecule has 4 rings (SSSR count). The van der Waals surface area contributed by atoms with E-state index in [0.29, 0.717) is 35.4 Å². The molecule has 6 nitrogen and oxygen atoms in total. The molecule has 0 radical (unpaired) electrons. The maximum atomic E-state index is 12.8. The SMILES string of the molecule is C[C@H]1CN(C(=O)COc2ccc3c(=O)c(-c4ccccc4)coc3c2)C[C@H](C)O1. The summed E-state index contributed by atoms with van der Waals surface area (Å²) in [6, 6.07) is 14.4. The summed E-state index contributed by atoms with van der Waals surface area (Å²) in [6.07, 6.45) is 1.48. The van der Waals surface area contributed by atoms with E-state index >= 15 is 0 Å². The minimum absolute atomic E-state index is 0.0106. The Kier molecular flexibility index (Phi) is 5.36. The van der Waals surface area contributed by atoms with E-state index in [2.05, 4.69) is 0 Å². The molecule has 0 N–H and O–H groups in total. The van der Waals surface area contributed by atoms with E-state index in [-0.39, 0.29) is 30.2 Å². The summed E-state index contributed by atoms with van der Waals surface area (Å²) in [5.74, 6) is 0.392. The quantitative estimate of drug-likeness (QED) is 0.679. The number of morpholine rings is 1. The van der Waals surface area contributed by atoms with Crippen LogP contribution in [0.1, 0.15) is 13.8 Å². The van der Waals surface area contributed by atoms with Gasteiger partial charge < -0.3 is 18.8 Å². The van der Waals surface area contributed by atoms with E-state index in [1.807, 2.05) is 44.2 Å². The molecule has 1 aromatic heterocycles. The first kappa shape index (κ1) is 19.2. The number of carbonyl (C=O) groups is 1. The lowest BCUT2D eigenvalue weighted by molar-refractivity contribution is -0.145. The van der Waals surface area contributed by atoms with Crippen molar-refractivity contribution in [2.24, 2.45) is 0 Å². The molecule has 0 spiro atoms. The molecule has 6 heteroatoms. The van der Waals surface area contributed by atoms with Crippen LogP contribution in [0.15, 0.2) is 64.0 Å². The molecule has 0 bridgehead atoms. The van der Waals surface area contributed by atoms with Gasteiger partial charge in [-0.25, -0.2) is 0 Å². The van der Waals surface area contributed by atoms with Crippen LogP contribution in [-0.2, 0) is 9.53 Å². The van der Waals surface area contributed by atoms with E-state index in [0.717, 1.165) is 5.56 Å². The molecule has 3 aromatic rings. The van der Waals surface area contributed by atoms with Gasteiger partial charge in [-0.15, -0.1) is 0 Å². The summed E-state index contributed by atoms with van der Waals surface area (Å²) in [5.41, 5.74) is 1.64. The van der Waals surface area contributed by atoms with Crippen LogP contribution < -0.4 is 10.2 Å². The number of nitrogens with zero attached hydrogens (tertiary/aromatic N) is 1. The molecule has 2 aromatic carbocycles. The molecule has 0 unspecified atom stereocenters. The van der Waals surface area contributed by atoms with Crippen molar-refractivity contribution in [1.29, 1.82) is 0 Å². The zero-order valence-electron chi connectivity index (χ0n) is 16.5. The minimum Gasteiger partial charge on any atom is -0.484 e. The molecule has 1 aliphatic rings. The topological polar surface area (TPSA) is 69.0 Å². The van der Waals surface area contributed by atoms with Crippen LogP contribution in [0.2, 0.25) is 0 Å². The van der Waals surface area contributed by atoms with Crippen LogP contribution in [0.3, 0.4) is 0 Å². The zero-order chi connectivity index (χ0) is 20.4. The van der Waals surface area contributed by atoms with Crippen LogP contribution in [0, 0.1) is 0 Å². The fourth-order valence-electron chi connectivity index (χ4n) is 3.63. The van der Waals surface area contributed by atoms with Crippen molar-refractivity contribution in [2.75, 3.05) is 19.7 Å². The average Bonchev–Trinajstić information content (AvgIpc) is 2.72. The second-order valence-electron chi connectivity index (χ2n) is 7.35. The molecule has 29 heavy (non-hydrogen) atoms. The highest BCUT2D eigenvalue weighted by Crippen LogP contribution is 2.23. The number of hydrogen-bond donors (Lipinski definition) is 0. The lowest BCUT2D eigenvalue weighted by Crippen LogP contribution is -2.49. The number of rotatable bonds is 4. The molecule has 150 valence electrons. The van der Waals surface area contributed by atoms with Crippen molar-refractivity contribution in [1.82, 2.24) is 4.90 Å². The Morgan fingerprint density at radius 3 is 2.55 bits per heavy atom. The molecule has 0 saturated carbocycles. The van der Waals surface area contributed by atoms with Gasteiger partial charge in [-0.2, -0.15) is 0 Å². The van der Waals surface area contributed by atoms with E-state index in [1.165, 1.54) is 6.26 Å². The molecular formula is C23H23NO5. The fourth-order valence-corrected chi connectivity index (χ4v) is 3.63. The van der Waals surface area contributed by atoms with E-state index in [9.17, 15) is 9.59 Å². The maximum Gasteiger partial charge on any atom is 0.260 e. The summed E-state index contributed by atoms with van der Waals surface area (Å²) in [5, 5.41) is 0.473. The summed E-state index contributed by atoms with van der Waals surface area (Å²) in [7, 11) is 0. The van der Waals surface area contributed by atoms with E-state index < -0.39 is 0 Å². The van der Waals surface area contributed by atoms with Gasteiger partial charge in [0, 0.05) is 19.2 Å². The molecule has 2 atom stereocenters. The van der Waals surface area contributed by atoms with Gasteiger partial charge in [0.25, 0.3) is 5.91 Å². The molecule has 1 aliphatic heterocycles. The van der Waals surface area contributed by atoms with Crippen LogP contribution in [0.4, 0.5) is 0 Å². The summed E-state index contributed by atoms with van der Waals surface area (Å²) in [4.78, 5) is 27.0. The highest BCUT2D eigenvalue weighted by atomic mass is 16.5. The van der Waals surface area contributed by atoms with Gasteiger partial charge in [0.15, 0.2) is 12.0 Å². The van der Waals surface area contributed by atoms with Crippen molar-refractivity contribution in [3.05, 3.63) is 65.0 Å². The highest BCUT2D eigenvalue weighted by Gasteiger charge is 2.26. The minimum atomic E-state index is -0.101. The lowest BCUT2D eigenvalue weighted by Gasteiger charge is -2.35. The Labute approximate surface area is 168 Å². The predicted molar refractivity (Wildman–Crippen MR) is 110 cm³/mol. The second kappa shape index (κ2) is 8.09. The lowest BCUT2D eigenvalue weighted by atomic mass is 10.1. The van der Waals surface area contributed by atoms with E-state index in [1.54, 1.807) is 23.1 Å². The molecule has 2 heterocycles. The van der Waals surface area contributed by atoms with Crippen molar-refractivity contribution in [3.8, 4) is 16.9 Å².